The van der Waals surface area contributed by atoms with Gasteiger partial charge in [-0.2, -0.15) is 0 Å². The fourth-order valence-electron chi connectivity index (χ4n) is 3.44. The van der Waals surface area contributed by atoms with Crippen LogP contribution < -0.4 is 10.8 Å². The molecular formula is C24H30N4O2. The number of carbonyl (C=O) groups excluding carboxylic acids is 1. The molecule has 158 valence electrons. The third-order valence-corrected chi connectivity index (χ3v) is 5.06. The highest BCUT2D eigenvalue weighted by Crippen LogP contribution is 2.24. The molecule has 0 aliphatic heterocycles. The topological polar surface area (TPSA) is 69.5 Å². The predicted molar refractivity (Wildman–Crippen MR) is 121 cm³/mol. The van der Waals surface area contributed by atoms with Gasteiger partial charge < -0.3 is 14.8 Å². The summed E-state index contributed by atoms with van der Waals surface area (Å²) < 4.78 is 2.29. The van der Waals surface area contributed by atoms with Crippen LogP contribution in [0.15, 0.2) is 60.8 Å². The molecule has 3 aromatic rings. The summed E-state index contributed by atoms with van der Waals surface area (Å²) in [7, 11) is 4.15. The Bertz CT molecular complexity index is 993. The average Bonchev–Trinajstić information content (AvgIpc) is 3.11. The van der Waals surface area contributed by atoms with Crippen molar-refractivity contribution < 1.29 is 10.0 Å². The first kappa shape index (κ1) is 21.8. The molecule has 0 unspecified atom stereocenters. The lowest BCUT2D eigenvalue weighted by Gasteiger charge is -2.11. The summed E-state index contributed by atoms with van der Waals surface area (Å²) in [5.41, 5.74) is 6.28. The van der Waals surface area contributed by atoms with Crippen LogP contribution in [-0.2, 0) is 24.3 Å². The van der Waals surface area contributed by atoms with Crippen LogP contribution in [0.1, 0.15) is 16.7 Å². The number of amides is 1. The van der Waals surface area contributed by atoms with Crippen LogP contribution in [0.3, 0.4) is 0 Å². The largest absolute Gasteiger partial charge is 0.346 e. The van der Waals surface area contributed by atoms with Crippen molar-refractivity contribution in [1.29, 1.82) is 0 Å². The molecule has 0 atom stereocenters. The normalized spacial score (nSPS) is 11.6. The first-order valence-corrected chi connectivity index (χ1v) is 10.2. The zero-order valence-electron chi connectivity index (χ0n) is 17.6. The van der Waals surface area contributed by atoms with Gasteiger partial charge >= 0.3 is 0 Å². The van der Waals surface area contributed by atoms with Crippen LogP contribution in [0, 0.1) is 0 Å². The third kappa shape index (κ3) is 6.03. The summed E-state index contributed by atoms with van der Waals surface area (Å²) in [5.74, 6) is -0.540. The van der Waals surface area contributed by atoms with E-state index in [1.165, 1.54) is 28.1 Å². The van der Waals surface area contributed by atoms with Crippen molar-refractivity contribution in [1.82, 2.24) is 20.3 Å². The minimum atomic E-state index is -0.540. The van der Waals surface area contributed by atoms with Crippen LogP contribution >= 0.6 is 0 Å². The van der Waals surface area contributed by atoms with E-state index in [1.807, 2.05) is 12.1 Å². The summed E-state index contributed by atoms with van der Waals surface area (Å²) in [6, 6.07) is 16.6. The molecule has 1 heterocycles. The van der Waals surface area contributed by atoms with Crippen molar-refractivity contribution in [2.24, 2.45) is 0 Å². The van der Waals surface area contributed by atoms with Gasteiger partial charge in [0.1, 0.15) is 0 Å². The van der Waals surface area contributed by atoms with Gasteiger partial charge in [0.05, 0.1) is 0 Å². The number of hydrogen-bond acceptors (Lipinski definition) is 4. The van der Waals surface area contributed by atoms with E-state index in [1.54, 1.807) is 11.6 Å². The number of carbonyl (C=O) groups is 1. The Morgan fingerprint density at radius 3 is 2.70 bits per heavy atom. The number of benzene rings is 2. The van der Waals surface area contributed by atoms with E-state index in [0.29, 0.717) is 0 Å². The quantitative estimate of drug-likeness (QED) is 0.209. The second-order valence-electron chi connectivity index (χ2n) is 7.65. The summed E-state index contributed by atoms with van der Waals surface area (Å²) in [5, 5.41) is 13.4. The van der Waals surface area contributed by atoms with Crippen molar-refractivity contribution in [2.75, 3.05) is 27.2 Å². The average molecular weight is 407 g/mol. The maximum atomic E-state index is 11.3. The molecule has 6 heteroatoms. The molecule has 0 radical (unpaired) electrons. The van der Waals surface area contributed by atoms with E-state index in [-0.39, 0.29) is 0 Å². The van der Waals surface area contributed by atoms with Crippen molar-refractivity contribution in [2.45, 2.75) is 19.5 Å². The molecule has 1 amide bonds. The monoisotopic (exact) mass is 406 g/mol. The maximum absolute atomic E-state index is 11.3. The number of likely N-dealkylation sites (N-methyl/N-ethyl adjacent to an activating group) is 1. The summed E-state index contributed by atoms with van der Waals surface area (Å²) in [4.78, 5) is 13.5. The molecule has 3 rings (SSSR count). The van der Waals surface area contributed by atoms with E-state index in [0.717, 1.165) is 38.2 Å². The highest BCUT2D eigenvalue weighted by molar-refractivity contribution is 5.92. The van der Waals surface area contributed by atoms with Crippen molar-refractivity contribution in [3.63, 3.8) is 0 Å². The first-order valence-electron chi connectivity index (χ1n) is 10.2. The van der Waals surface area contributed by atoms with Gasteiger partial charge in [-0.25, -0.2) is 5.48 Å². The van der Waals surface area contributed by atoms with E-state index < -0.39 is 5.91 Å². The molecule has 30 heavy (non-hydrogen) atoms. The molecule has 6 nitrogen and oxygen atoms in total. The van der Waals surface area contributed by atoms with E-state index in [2.05, 4.69) is 71.5 Å². The van der Waals surface area contributed by atoms with Crippen LogP contribution in [0.4, 0.5) is 0 Å². The zero-order valence-corrected chi connectivity index (χ0v) is 17.6. The third-order valence-electron chi connectivity index (χ3n) is 5.06. The Labute approximate surface area is 177 Å². The van der Waals surface area contributed by atoms with Crippen molar-refractivity contribution in [3.8, 4) is 0 Å². The molecular weight excluding hydrogens is 376 g/mol. The predicted octanol–water partition coefficient (Wildman–Crippen LogP) is 3.05. The minimum absolute atomic E-state index is 0.540. The number of hydroxylamine groups is 1. The molecule has 0 bridgehead atoms. The fourth-order valence-corrected chi connectivity index (χ4v) is 3.44. The molecule has 0 saturated carbocycles. The van der Waals surface area contributed by atoms with Crippen molar-refractivity contribution in [3.05, 3.63) is 77.5 Å². The molecule has 0 spiro atoms. The molecule has 0 fully saturated rings. The lowest BCUT2D eigenvalue weighted by Crippen LogP contribution is -2.18. The molecule has 0 aliphatic rings. The second kappa shape index (κ2) is 10.7. The van der Waals surface area contributed by atoms with Gasteiger partial charge in [0.15, 0.2) is 0 Å². The van der Waals surface area contributed by atoms with E-state index in [9.17, 15) is 4.79 Å². The first-order chi connectivity index (χ1) is 14.6. The van der Waals surface area contributed by atoms with Crippen LogP contribution in [0.25, 0.3) is 17.0 Å². The molecule has 1 aromatic heterocycles. The van der Waals surface area contributed by atoms with Gasteiger partial charge in [-0.15, -0.1) is 0 Å². The standard InChI is InChI=1S/C24H30N4O2/c1-27(2)14-15-28-18-21(17-25-13-12-19-6-4-3-5-7-19)22-16-20(8-10-23(22)28)9-11-24(29)26-30/h3-11,16,18,25,30H,12-15,17H2,1-2H3,(H,26,29)/b11-9+. The number of rotatable bonds is 10. The Morgan fingerprint density at radius 1 is 1.17 bits per heavy atom. The highest BCUT2D eigenvalue weighted by Gasteiger charge is 2.09. The van der Waals surface area contributed by atoms with Gasteiger partial charge in [0.2, 0.25) is 0 Å². The van der Waals surface area contributed by atoms with Gasteiger partial charge in [-0.1, -0.05) is 36.4 Å². The number of hydrogen-bond donors (Lipinski definition) is 3. The van der Waals surface area contributed by atoms with Gasteiger partial charge in [-0.05, 0) is 62.0 Å². The Hall–Kier alpha value is -2.93. The van der Waals surface area contributed by atoms with Crippen LogP contribution in [-0.4, -0.2) is 47.8 Å². The van der Waals surface area contributed by atoms with E-state index >= 15 is 0 Å². The minimum Gasteiger partial charge on any atom is -0.346 e. The smallest absolute Gasteiger partial charge is 0.267 e. The zero-order chi connectivity index (χ0) is 21.3. The van der Waals surface area contributed by atoms with Gasteiger partial charge in [0, 0.05) is 42.8 Å². The van der Waals surface area contributed by atoms with Crippen LogP contribution in [0.2, 0.25) is 0 Å². The van der Waals surface area contributed by atoms with Crippen LogP contribution in [0.5, 0.6) is 0 Å². The van der Waals surface area contributed by atoms with E-state index in [4.69, 9.17) is 5.21 Å². The Morgan fingerprint density at radius 2 is 1.97 bits per heavy atom. The lowest BCUT2D eigenvalue weighted by molar-refractivity contribution is -0.124. The Balaban J connectivity index is 1.77. The number of nitrogens with one attached hydrogen (secondary N) is 2. The summed E-state index contributed by atoms with van der Waals surface area (Å²) in [6.45, 7) is 3.56. The highest BCUT2D eigenvalue weighted by atomic mass is 16.5. The summed E-state index contributed by atoms with van der Waals surface area (Å²) in [6.07, 6.45) is 6.23. The maximum Gasteiger partial charge on any atom is 0.267 e. The Kier molecular flexibility index (Phi) is 7.79. The summed E-state index contributed by atoms with van der Waals surface area (Å²) >= 11 is 0. The number of nitrogens with zero attached hydrogens (tertiary/aromatic N) is 2. The number of fused-ring (bicyclic) bond motifs is 1. The molecule has 0 saturated heterocycles. The lowest BCUT2D eigenvalue weighted by atomic mass is 10.1. The fraction of sp³-hybridized carbons (Fsp3) is 0.292. The SMILES string of the molecule is CN(C)CCn1cc(CNCCc2ccccc2)c2cc(/C=C/C(=O)NO)ccc21. The molecule has 2 aromatic carbocycles. The molecule has 0 aliphatic carbocycles. The number of aromatic nitrogens is 1. The van der Waals surface area contributed by atoms with Gasteiger partial charge in [0.25, 0.3) is 5.91 Å². The van der Waals surface area contributed by atoms with Crippen molar-refractivity contribution >= 4 is 22.9 Å². The second-order valence-corrected chi connectivity index (χ2v) is 7.65. The molecule has 3 N–H and O–H groups in total. The van der Waals surface area contributed by atoms with Gasteiger partial charge in [-0.3, -0.25) is 10.0 Å².